The maximum atomic E-state index is 2.83. The van der Waals surface area contributed by atoms with Crippen LogP contribution < -0.4 is 17.0 Å². The molecule has 5 rings (SSSR count). The molecule has 3 atom stereocenters. The molecule has 0 aliphatic carbocycles. The van der Waals surface area contributed by atoms with E-state index >= 15 is 0 Å². The topological polar surface area (TPSA) is 9.72 Å². The van der Waals surface area contributed by atoms with Gasteiger partial charge >= 0.3 is 0 Å². The third kappa shape index (κ3) is 2.18. The second-order valence-electron chi connectivity index (χ2n) is 8.12. The number of rotatable bonds is 2. The predicted molar refractivity (Wildman–Crippen MR) is 91.7 cm³/mol. The molecule has 4 saturated heterocycles. The lowest BCUT2D eigenvalue weighted by atomic mass is 9.91. The molecule has 0 spiro atoms. The molecule has 0 amide bonds. The SMILES string of the molecule is C[C@]12[C@H]3N4CCCN3CC[N+]1(Cc1ccccc1)CCN2CC4.[Br-]. The van der Waals surface area contributed by atoms with Crippen molar-refractivity contribution in [2.45, 2.75) is 31.7 Å². The Labute approximate surface area is 156 Å². The highest BCUT2D eigenvalue weighted by Gasteiger charge is 2.67. The molecule has 4 aliphatic heterocycles. The van der Waals surface area contributed by atoms with Gasteiger partial charge in [-0.2, -0.15) is 0 Å². The molecule has 24 heavy (non-hydrogen) atoms. The summed E-state index contributed by atoms with van der Waals surface area (Å²) in [5, 5.41) is 0. The maximum absolute atomic E-state index is 2.83. The second kappa shape index (κ2) is 6.06. The van der Waals surface area contributed by atoms with Gasteiger partial charge in [0, 0.05) is 45.2 Å². The minimum Gasteiger partial charge on any atom is -1.00 e. The van der Waals surface area contributed by atoms with Crippen molar-refractivity contribution >= 4 is 0 Å². The molecule has 0 bridgehead atoms. The van der Waals surface area contributed by atoms with Crippen LogP contribution in [0.2, 0.25) is 0 Å². The fraction of sp³-hybridized carbons (Fsp3) is 0.684. The van der Waals surface area contributed by atoms with Crippen molar-refractivity contribution in [2.75, 3.05) is 52.4 Å². The third-order valence-electron chi connectivity index (χ3n) is 7.27. The van der Waals surface area contributed by atoms with Crippen LogP contribution in [-0.2, 0) is 6.54 Å². The Morgan fingerprint density at radius 2 is 1.67 bits per heavy atom. The quantitative estimate of drug-likeness (QED) is 0.561. The summed E-state index contributed by atoms with van der Waals surface area (Å²) in [6.07, 6.45) is 1.98. The minimum atomic E-state index is 0. The summed E-state index contributed by atoms with van der Waals surface area (Å²) in [6, 6.07) is 11.2. The highest BCUT2D eigenvalue weighted by Crippen LogP contribution is 2.47. The zero-order valence-corrected chi connectivity index (χ0v) is 16.3. The van der Waals surface area contributed by atoms with Crippen molar-refractivity contribution < 1.29 is 21.5 Å². The summed E-state index contributed by atoms with van der Waals surface area (Å²) < 4.78 is 1.27. The van der Waals surface area contributed by atoms with Gasteiger partial charge in [0.15, 0.2) is 5.66 Å². The summed E-state index contributed by atoms with van der Waals surface area (Å²) in [5.41, 5.74) is 1.78. The van der Waals surface area contributed by atoms with Gasteiger partial charge < -0.3 is 17.0 Å². The number of benzene rings is 1. The molecule has 4 heterocycles. The first-order valence-corrected chi connectivity index (χ1v) is 9.36. The van der Waals surface area contributed by atoms with Crippen LogP contribution in [0.4, 0.5) is 0 Å². The van der Waals surface area contributed by atoms with Crippen molar-refractivity contribution in [1.82, 2.24) is 14.7 Å². The van der Waals surface area contributed by atoms with Crippen LogP contribution >= 0.6 is 0 Å². The molecule has 4 fully saturated rings. The monoisotopic (exact) mass is 392 g/mol. The van der Waals surface area contributed by atoms with Crippen molar-refractivity contribution in [3.63, 3.8) is 0 Å². The second-order valence-corrected chi connectivity index (χ2v) is 8.12. The van der Waals surface area contributed by atoms with E-state index in [1.165, 1.54) is 75.4 Å². The Bertz CT molecular complexity index is 590. The number of quaternary nitrogens is 1. The Hall–Kier alpha value is -0.460. The van der Waals surface area contributed by atoms with Crippen molar-refractivity contribution in [3.05, 3.63) is 35.9 Å². The number of halogens is 1. The molecular formula is C19H29BrN4. The summed E-state index contributed by atoms with van der Waals surface area (Å²) in [5.74, 6) is 0. The van der Waals surface area contributed by atoms with E-state index in [-0.39, 0.29) is 22.6 Å². The number of hydrogen-bond donors (Lipinski definition) is 0. The molecule has 4 nitrogen and oxygen atoms in total. The van der Waals surface area contributed by atoms with Crippen LogP contribution in [-0.4, -0.2) is 83.4 Å². The van der Waals surface area contributed by atoms with E-state index in [9.17, 15) is 0 Å². The first-order valence-electron chi connectivity index (χ1n) is 9.36. The molecule has 1 aromatic rings. The van der Waals surface area contributed by atoms with E-state index in [4.69, 9.17) is 0 Å². The lowest BCUT2D eigenvalue weighted by Crippen LogP contribution is -3.00. The molecule has 4 aliphatic rings. The zero-order chi connectivity index (χ0) is 15.5. The number of hydrogen-bond acceptors (Lipinski definition) is 3. The van der Waals surface area contributed by atoms with Gasteiger partial charge in [-0.25, -0.2) is 4.90 Å². The molecular weight excluding hydrogens is 364 g/mol. The Morgan fingerprint density at radius 1 is 0.958 bits per heavy atom. The Balaban J connectivity index is 0.00000146. The van der Waals surface area contributed by atoms with Crippen molar-refractivity contribution in [2.24, 2.45) is 0 Å². The molecule has 1 unspecified atom stereocenters. The van der Waals surface area contributed by atoms with Crippen LogP contribution in [0.3, 0.4) is 0 Å². The summed E-state index contributed by atoms with van der Waals surface area (Å²) >= 11 is 0. The van der Waals surface area contributed by atoms with Crippen LogP contribution in [0, 0.1) is 0 Å². The first kappa shape index (κ1) is 17.0. The lowest BCUT2D eigenvalue weighted by molar-refractivity contribution is -0.991. The van der Waals surface area contributed by atoms with E-state index in [0.29, 0.717) is 6.17 Å². The smallest absolute Gasteiger partial charge is 0.182 e. The van der Waals surface area contributed by atoms with E-state index in [2.05, 4.69) is 52.0 Å². The van der Waals surface area contributed by atoms with Gasteiger partial charge in [-0.05, 0) is 6.42 Å². The molecule has 132 valence electrons. The van der Waals surface area contributed by atoms with Gasteiger partial charge in [-0.15, -0.1) is 0 Å². The highest BCUT2D eigenvalue weighted by atomic mass is 79.9. The fourth-order valence-corrected chi connectivity index (χ4v) is 6.08. The average molecular weight is 393 g/mol. The number of nitrogens with zero attached hydrogens (tertiary/aromatic N) is 4. The normalized spacial score (nSPS) is 39.3. The lowest BCUT2D eigenvalue weighted by Gasteiger charge is -2.64. The molecule has 0 saturated carbocycles. The molecule has 1 aromatic carbocycles. The molecule has 5 heteroatoms. The van der Waals surface area contributed by atoms with Crippen LogP contribution in [0.1, 0.15) is 18.9 Å². The van der Waals surface area contributed by atoms with Crippen molar-refractivity contribution in [3.8, 4) is 0 Å². The van der Waals surface area contributed by atoms with Gasteiger partial charge in [0.1, 0.15) is 12.7 Å². The Kier molecular flexibility index (Phi) is 4.29. The van der Waals surface area contributed by atoms with E-state index in [1.807, 2.05) is 0 Å². The number of piperazine rings is 2. The average Bonchev–Trinajstić information content (AvgIpc) is 2.88. The van der Waals surface area contributed by atoms with Gasteiger partial charge in [-0.3, -0.25) is 14.3 Å². The van der Waals surface area contributed by atoms with E-state index in [0.717, 1.165) is 0 Å². The van der Waals surface area contributed by atoms with Gasteiger partial charge in [0.25, 0.3) is 0 Å². The van der Waals surface area contributed by atoms with Gasteiger partial charge in [0.2, 0.25) is 0 Å². The van der Waals surface area contributed by atoms with Crippen LogP contribution in [0.25, 0.3) is 0 Å². The van der Waals surface area contributed by atoms with Gasteiger partial charge in [0.05, 0.1) is 19.6 Å². The minimum absolute atomic E-state index is 0. The molecule has 0 aromatic heterocycles. The fourth-order valence-electron chi connectivity index (χ4n) is 6.08. The van der Waals surface area contributed by atoms with E-state index in [1.54, 1.807) is 0 Å². The van der Waals surface area contributed by atoms with Crippen LogP contribution in [0.15, 0.2) is 30.3 Å². The summed E-state index contributed by atoms with van der Waals surface area (Å²) in [7, 11) is 0. The zero-order valence-electron chi connectivity index (χ0n) is 14.7. The van der Waals surface area contributed by atoms with Gasteiger partial charge in [-0.1, -0.05) is 30.3 Å². The molecule has 0 N–H and O–H groups in total. The largest absolute Gasteiger partial charge is 1.00 e. The summed E-state index contributed by atoms with van der Waals surface area (Å²) in [4.78, 5) is 8.42. The standard InChI is InChI=1S/C19H29N4.BrH/c1-19-18-20-8-5-9-21(18)12-14-23(19,15-13-22(19)11-10-20)16-17-6-3-2-4-7-17;/h2-4,6-7,18H,5,8-16H2,1H3;1H/q+1;/p-1/t18-,19+,23?;/m0./s1. The first-order chi connectivity index (χ1) is 11.2. The third-order valence-corrected chi connectivity index (χ3v) is 7.27. The molecule has 0 radical (unpaired) electrons. The highest BCUT2D eigenvalue weighted by molar-refractivity contribution is 5.14. The van der Waals surface area contributed by atoms with Crippen LogP contribution in [0.5, 0.6) is 0 Å². The Morgan fingerprint density at radius 3 is 2.46 bits per heavy atom. The summed E-state index contributed by atoms with van der Waals surface area (Å²) in [6.45, 7) is 14.1. The maximum Gasteiger partial charge on any atom is 0.182 e. The predicted octanol–water partition coefficient (Wildman–Crippen LogP) is -1.60. The van der Waals surface area contributed by atoms with Crippen molar-refractivity contribution in [1.29, 1.82) is 0 Å². The van der Waals surface area contributed by atoms with E-state index < -0.39 is 0 Å².